The van der Waals surface area contributed by atoms with E-state index >= 15 is 0 Å². The SMILES string of the molecule is COC(=O)Cc1ccc(CCOC=O)cc1. The van der Waals surface area contributed by atoms with Gasteiger partial charge in [-0.1, -0.05) is 24.3 Å². The Hall–Kier alpha value is -1.84. The lowest BCUT2D eigenvalue weighted by Crippen LogP contribution is -2.04. The van der Waals surface area contributed by atoms with Crippen LogP contribution >= 0.6 is 0 Å². The molecule has 0 aliphatic heterocycles. The van der Waals surface area contributed by atoms with Crippen molar-refractivity contribution in [1.82, 2.24) is 0 Å². The smallest absolute Gasteiger partial charge is 0.309 e. The molecule has 0 aliphatic rings. The molecule has 0 atom stereocenters. The van der Waals surface area contributed by atoms with Gasteiger partial charge in [0.25, 0.3) is 6.47 Å². The van der Waals surface area contributed by atoms with Crippen LogP contribution in [0.5, 0.6) is 0 Å². The molecule has 1 aromatic rings. The molecule has 1 aromatic carbocycles. The Balaban J connectivity index is 2.47. The molecule has 86 valence electrons. The molecule has 0 fully saturated rings. The number of carbonyl (C=O) groups is 2. The maximum atomic E-state index is 11.0. The molecule has 0 unspecified atom stereocenters. The van der Waals surface area contributed by atoms with Gasteiger partial charge >= 0.3 is 5.97 Å². The molecule has 0 amide bonds. The third-order valence-corrected chi connectivity index (χ3v) is 2.18. The van der Waals surface area contributed by atoms with Gasteiger partial charge in [0.05, 0.1) is 20.1 Å². The lowest BCUT2D eigenvalue weighted by atomic mass is 10.1. The summed E-state index contributed by atoms with van der Waals surface area (Å²) in [6.07, 6.45) is 0.957. The molecular formula is C12H14O4. The second-order valence-corrected chi connectivity index (χ2v) is 3.29. The predicted molar refractivity (Wildman–Crippen MR) is 57.9 cm³/mol. The van der Waals surface area contributed by atoms with E-state index in [1.54, 1.807) is 0 Å². The first-order chi connectivity index (χ1) is 7.76. The molecule has 4 heteroatoms. The minimum absolute atomic E-state index is 0.253. The van der Waals surface area contributed by atoms with Crippen molar-refractivity contribution in [3.8, 4) is 0 Å². The third-order valence-electron chi connectivity index (χ3n) is 2.18. The van der Waals surface area contributed by atoms with Crippen molar-refractivity contribution in [2.24, 2.45) is 0 Å². The summed E-state index contributed by atoms with van der Waals surface area (Å²) in [6, 6.07) is 7.55. The first-order valence-corrected chi connectivity index (χ1v) is 4.96. The zero-order valence-corrected chi connectivity index (χ0v) is 9.14. The van der Waals surface area contributed by atoms with E-state index < -0.39 is 0 Å². The van der Waals surface area contributed by atoms with Crippen LogP contribution in [-0.2, 0) is 31.9 Å². The number of carbonyl (C=O) groups excluding carboxylic acids is 2. The number of hydrogen-bond donors (Lipinski definition) is 0. The summed E-state index contributed by atoms with van der Waals surface area (Å²) in [5.41, 5.74) is 1.97. The van der Waals surface area contributed by atoms with Crippen molar-refractivity contribution in [3.63, 3.8) is 0 Å². The second-order valence-electron chi connectivity index (χ2n) is 3.29. The number of ether oxygens (including phenoxy) is 2. The van der Waals surface area contributed by atoms with Gasteiger partial charge in [-0.05, 0) is 11.1 Å². The largest absolute Gasteiger partial charge is 0.469 e. The summed E-state index contributed by atoms with van der Waals surface area (Å²) in [7, 11) is 1.37. The summed E-state index contributed by atoms with van der Waals surface area (Å²) in [5.74, 6) is -0.253. The van der Waals surface area contributed by atoms with Crippen LogP contribution in [0.4, 0.5) is 0 Å². The maximum Gasteiger partial charge on any atom is 0.309 e. The second kappa shape index (κ2) is 6.61. The van der Waals surface area contributed by atoms with Crippen LogP contribution in [-0.4, -0.2) is 26.2 Å². The predicted octanol–water partition coefficient (Wildman–Crippen LogP) is 1.12. The molecule has 0 N–H and O–H groups in total. The molecule has 0 aromatic heterocycles. The van der Waals surface area contributed by atoms with Crippen molar-refractivity contribution in [3.05, 3.63) is 35.4 Å². The van der Waals surface area contributed by atoms with E-state index in [0.29, 0.717) is 19.5 Å². The summed E-state index contributed by atoms with van der Waals surface area (Å²) in [5, 5.41) is 0. The molecule has 0 aliphatic carbocycles. The molecular weight excluding hydrogens is 208 g/mol. The Morgan fingerprint density at radius 3 is 2.44 bits per heavy atom. The number of esters is 1. The monoisotopic (exact) mass is 222 g/mol. The Kier molecular flexibility index (Phi) is 5.05. The Labute approximate surface area is 94.2 Å². The first-order valence-electron chi connectivity index (χ1n) is 4.96. The zero-order valence-electron chi connectivity index (χ0n) is 9.14. The highest BCUT2D eigenvalue weighted by Crippen LogP contribution is 2.06. The highest BCUT2D eigenvalue weighted by molar-refractivity contribution is 5.72. The van der Waals surface area contributed by atoms with Crippen LogP contribution in [0.25, 0.3) is 0 Å². The minimum atomic E-state index is -0.253. The highest BCUT2D eigenvalue weighted by Gasteiger charge is 2.02. The first kappa shape index (κ1) is 12.2. The van der Waals surface area contributed by atoms with E-state index in [9.17, 15) is 9.59 Å². The van der Waals surface area contributed by atoms with Crippen LogP contribution in [0.15, 0.2) is 24.3 Å². The van der Waals surface area contributed by atoms with E-state index in [0.717, 1.165) is 11.1 Å². The lowest BCUT2D eigenvalue weighted by molar-refractivity contribution is -0.139. The van der Waals surface area contributed by atoms with Gasteiger partial charge in [0.2, 0.25) is 0 Å². The van der Waals surface area contributed by atoms with Crippen molar-refractivity contribution in [1.29, 1.82) is 0 Å². The number of methoxy groups -OCH3 is 1. The summed E-state index contributed by atoms with van der Waals surface area (Å²) in [6.45, 7) is 0.811. The molecule has 0 heterocycles. The summed E-state index contributed by atoms with van der Waals surface area (Å²) < 4.78 is 9.16. The van der Waals surface area contributed by atoms with Gasteiger partial charge in [-0.25, -0.2) is 0 Å². The molecule has 0 saturated carbocycles. The van der Waals surface area contributed by atoms with Gasteiger partial charge in [-0.2, -0.15) is 0 Å². The molecule has 0 bridgehead atoms. The average Bonchev–Trinajstić information content (AvgIpc) is 2.31. The molecule has 0 radical (unpaired) electrons. The van der Waals surface area contributed by atoms with Gasteiger partial charge in [-0.15, -0.1) is 0 Å². The van der Waals surface area contributed by atoms with E-state index in [1.807, 2.05) is 24.3 Å². The average molecular weight is 222 g/mol. The number of rotatable bonds is 6. The Bertz CT molecular complexity index is 343. The van der Waals surface area contributed by atoms with Crippen molar-refractivity contribution >= 4 is 12.4 Å². The van der Waals surface area contributed by atoms with Crippen LogP contribution in [0.1, 0.15) is 11.1 Å². The van der Waals surface area contributed by atoms with Gasteiger partial charge in [0.15, 0.2) is 0 Å². The molecule has 16 heavy (non-hydrogen) atoms. The van der Waals surface area contributed by atoms with Gasteiger partial charge in [0, 0.05) is 6.42 Å². The van der Waals surface area contributed by atoms with E-state index in [-0.39, 0.29) is 12.4 Å². The van der Waals surface area contributed by atoms with E-state index in [4.69, 9.17) is 0 Å². The van der Waals surface area contributed by atoms with Crippen molar-refractivity contribution in [2.75, 3.05) is 13.7 Å². The van der Waals surface area contributed by atoms with Gasteiger partial charge < -0.3 is 9.47 Å². The van der Waals surface area contributed by atoms with Crippen LogP contribution in [0.3, 0.4) is 0 Å². The standard InChI is InChI=1S/C12H14O4/c1-15-12(14)8-11-4-2-10(3-5-11)6-7-16-9-13/h2-5,9H,6-8H2,1H3. The quantitative estimate of drug-likeness (QED) is 0.411. The normalized spacial score (nSPS) is 9.56. The molecule has 4 nitrogen and oxygen atoms in total. The molecule has 0 saturated heterocycles. The zero-order chi connectivity index (χ0) is 11.8. The fourth-order valence-corrected chi connectivity index (χ4v) is 1.29. The molecule has 1 rings (SSSR count). The summed E-state index contributed by atoms with van der Waals surface area (Å²) in [4.78, 5) is 20.9. The Morgan fingerprint density at radius 2 is 1.88 bits per heavy atom. The third kappa shape index (κ3) is 4.13. The number of benzene rings is 1. The minimum Gasteiger partial charge on any atom is -0.469 e. The highest BCUT2D eigenvalue weighted by atomic mass is 16.5. The fourth-order valence-electron chi connectivity index (χ4n) is 1.29. The van der Waals surface area contributed by atoms with Gasteiger partial charge in [0.1, 0.15) is 0 Å². The van der Waals surface area contributed by atoms with E-state index in [2.05, 4.69) is 9.47 Å². The number of hydrogen-bond acceptors (Lipinski definition) is 4. The topological polar surface area (TPSA) is 52.6 Å². The van der Waals surface area contributed by atoms with Crippen LogP contribution < -0.4 is 0 Å². The Morgan fingerprint density at radius 1 is 1.25 bits per heavy atom. The summed E-state index contributed by atoms with van der Waals surface area (Å²) >= 11 is 0. The fraction of sp³-hybridized carbons (Fsp3) is 0.333. The van der Waals surface area contributed by atoms with Crippen molar-refractivity contribution < 1.29 is 19.1 Å². The van der Waals surface area contributed by atoms with E-state index in [1.165, 1.54) is 7.11 Å². The molecule has 0 spiro atoms. The van der Waals surface area contributed by atoms with Crippen molar-refractivity contribution in [2.45, 2.75) is 12.8 Å². The van der Waals surface area contributed by atoms with Gasteiger partial charge in [-0.3, -0.25) is 9.59 Å². The van der Waals surface area contributed by atoms with Crippen LogP contribution in [0.2, 0.25) is 0 Å². The lowest BCUT2D eigenvalue weighted by Gasteiger charge is -2.03. The maximum absolute atomic E-state index is 11.0. The van der Waals surface area contributed by atoms with Crippen LogP contribution in [0, 0.1) is 0 Å².